The van der Waals surface area contributed by atoms with E-state index in [-0.39, 0.29) is 11.4 Å². The van der Waals surface area contributed by atoms with Crippen molar-refractivity contribution in [2.24, 2.45) is 16.0 Å². The molecule has 0 saturated heterocycles. The van der Waals surface area contributed by atoms with Crippen molar-refractivity contribution in [1.82, 2.24) is 5.01 Å². The average Bonchev–Trinajstić information content (AvgIpc) is 3.34. The largest absolute Gasteiger partial charge is 0.493 e. The molecule has 2 aromatic carbocycles. The number of hydrogen-bond donors (Lipinski definition) is 1. The van der Waals surface area contributed by atoms with E-state index >= 15 is 0 Å². The number of hydrazone groups is 1. The van der Waals surface area contributed by atoms with Gasteiger partial charge >= 0.3 is 0 Å². The number of amidine groups is 2. The molecule has 2 heterocycles. The van der Waals surface area contributed by atoms with Crippen LogP contribution in [-0.2, 0) is 4.79 Å². The highest BCUT2D eigenvalue weighted by molar-refractivity contribution is 8.27. The number of carbonyl (C=O) groups excluding carboxylic acids is 1. The fourth-order valence-electron chi connectivity index (χ4n) is 4.60. The van der Waals surface area contributed by atoms with E-state index in [1.807, 2.05) is 37.3 Å². The molecule has 1 aliphatic carbocycles. The van der Waals surface area contributed by atoms with E-state index in [1.54, 1.807) is 25.3 Å². The number of rotatable bonds is 8. The van der Waals surface area contributed by atoms with E-state index in [1.165, 1.54) is 36.0 Å². The SMILES string of the molecule is COc1cc(/C=C2/C(=N)N3N=C(C4CCCCC4)SC3=NC2=O)ccc1OCCOc1cccc(C)c1. The van der Waals surface area contributed by atoms with Gasteiger partial charge in [0.15, 0.2) is 17.3 Å². The fraction of sp³-hybridized carbons (Fsp3) is 0.357. The molecular formula is C28H30N4O4S. The Labute approximate surface area is 220 Å². The summed E-state index contributed by atoms with van der Waals surface area (Å²) in [4.78, 5) is 17.0. The Kier molecular flexibility index (Phi) is 7.60. The van der Waals surface area contributed by atoms with Crippen LogP contribution in [0.1, 0.15) is 43.2 Å². The van der Waals surface area contributed by atoms with Crippen molar-refractivity contribution in [3.05, 3.63) is 59.2 Å². The van der Waals surface area contributed by atoms with Gasteiger partial charge in [-0.25, -0.2) is 0 Å². The molecule has 37 heavy (non-hydrogen) atoms. The molecule has 2 aromatic rings. The predicted octanol–water partition coefficient (Wildman–Crippen LogP) is 5.66. The van der Waals surface area contributed by atoms with Crippen LogP contribution in [-0.4, -0.2) is 47.3 Å². The number of aryl methyl sites for hydroxylation is 1. The molecule has 0 atom stereocenters. The average molecular weight is 519 g/mol. The van der Waals surface area contributed by atoms with Crippen LogP contribution in [0.3, 0.4) is 0 Å². The number of benzene rings is 2. The second-order valence-corrected chi connectivity index (χ2v) is 10.2. The van der Waals surface area contributed by atoms with Gasteiger partial charge in [0.1, 0.15) is 24.0 Å². The molecule has 5 rings (SSSR count). The topological polar surface area (TPSA) is 96.6 Å². The molecule has 2 aliphatic heterocycles. The number of ether oxygens (including phenoxy) is 3. The molecule has 1 fully saturated rings. The van der Waals surface area contributed by atoms with Crippen molar-refractivity contribution in [3.63, 3.8) is 0 Å². The van der Waals surface area contributed by atoms with Crippen molar-refractivity contribution in [1.29, 1.82) is 5.41 Å². The lowest BCUT2D eigenvalue weighted by Gasteiger charge is -2.20. The summed E-state index contributed by atoms with van der Waals surface area (Å²) in [6.07, 6.45) is 7.50. The second-order valence-electron chi connectivity index (χ2n) is 9.22. The standard InChI is InChI=1S/C28H30N4O4S/c1-18-7-6-10-21(15-18)35-13-14-36-23-12-11-19(17-24(23)34-2)16-22-25(29)32-28(30-26(22)33)37-27(31-32)20-8-4-3-5-9-20/h6-7,10-12,15-17,20,29H,3-5,8-9,13-14H2,1-2H3/b22-16-,29-25?. The summed E-state index contributed by atoms with van der Waals surface area (Å²) in [7, 11) is 1.57. The van der Waals surface area contributed by atoms with E-state index < -0.39 is 5.91 Å². The molecule has 0 aromatic heterocycles. The monoisotopic (exact) mass is 518 g/mol. The van der Waals surface area contributed by atoms with Crippen LogP contribution < -0.4 is 14.2 Å². The zero-order valence-corrected chi connectivity index (χ0v) is 21.8. The fourth-order valence-corrected chi connectivity index (χ4v) is 5.66. The molecule has 1 amide bonds. The van der Waals surface area contributed by atoms with Crippen LogP contribution in [0, 0.1) is 18.3 Å². The van der Waals surface area contributed by atoms with Crippen LogP contribution >= 0.6 is 11.8 Å². The highest BCUT2D eigenvalue weighted by Gasteiger charge is 2.37. The van der Waals surface area contributed by atoms with Crippen LogP contribution in [0.4, 0.5) is 0 Å². The Morgan fingerprint density at radius 3 is 2.68 bits per heavy atom. The third kappa shape index (κ3) is 5.72. The highest BCUT2D eigenvalue weighted by atomic mass is 32.2. The molecule has 8 nitrogen and oxygen atoms in total. The maximum absolute atomic E-state index is 12.8. The van der Waals surface area contributed by atoms with Gasteiger partial charge in [0.2, 0.25) is 5.17 Å². The molecule has 192 valence electrons. The first-order valence-electron chi connectivity index (χ1n) is 12.5. The minimum Gasteiger partial charge on any atom is -0.493 e. The normalized spacial score (nSPS) is 19.0. The zero-order valence-electron chi connectivity index (χ0n) is 21.0. The minimum absolute atomic E-state index is 0.0425. The maximum atomic E-state index is 12.8. The maximum Gasteiger partial charge on any atom is 0.283 e. The van der Waals surface area contributed by atoms with Gasteiger partial charge in [0, 0.05) is 5.92 Å². The van der Waals surface area contributed by atoms with Gasteiger partial charge in [-0.2, -0.15) is 15.1 Å². The van der Waals surface area contributed by atoms with E-state index in [9.17, 15) is 4.79 Å². The van der Waals surface area contributed by atoms with Crippen molar-refractivity contribution >= 4 is 39.8 Å². The Morgan fingerprint density at radius 2 is 1.89 bits per heavy atom. The smallest absolute Gasteiger partial charge is 0.283 e. The number of amides is 1. The van der Waals surface area contributed by atoms with Crippen LogP contribution in [0.5, 0.6) is 17.2 Å². The molecule has 0 unspecified atom stereocenters. The third-order valence-electron chi connectivity index (χ3n) is 6.52. The van der Waals surface area contributed by atoms with Crippen LogP contribution in [0.15, 0.2) is 58.1 Å². The number of nitrogens with one attached hydrogen (secondary N) is 1. The molecular weight excluding hydrogens is 488 g/mol. The number of nitrogens with zero attached hydrogens (tertiary/aromatic N) is 3. The third-order valence-corrected chi connectivity index (χ3v) is 7.59. The van der Waals surface area contributed by atoms with E-state index in [0.29, 0.717) is 41.4 Å². The lowest BCUT2D eigenvalue weighted by molar-refractivity contribution is -0.114. The van der Waals surface area contributed by atoms with Crippen molar-refractivity contribution in [2.45, 2.75) is 39.0 Å². The Balaban J connectivity index is 1.26. The number of carbonyl (C=O) groups is 1. The number of hydrogen-bond acceptors (Lipinski definition) is 7. The summed E-state index contributed by atoms with van der Waals surface area (Å²) in [5, 5.41) is 16.3. The summed E-state index contributed by atoms with van der Waals surface area (Å²) in [5.41, 5.74) is 2.03. The zero-order chi connectivity index (χ0) is 25.8. The van der Waals surface area contributed by atoms with E-state index in [4.69, 9.17) is 19.6 Å². The Hall–Kier alpha value is -3.59. The number of aliphatic imine (C=N–C) groups is 1. The first-order valence-corrected chi connectivity index (χ1v) is 13.3. The number of fused-ring (bicyclic) bond motifs is 1. The van der Waals surface area contributed by atoms with Gasteiger partial charge < -0.3 is 14.2 Å². The molecule has 9 heteroatoms. The Morgan fingerprint density at radius 1 is 1.08 bits per heavy atom. The van der Waals surface area contributed by atoms with Crippen molar-refractivity contribution in [2.75, 3.05) is 20.3 Å². The van der Waals surface area contributed by atoms with Gasteiger partial charge in [-0.1, -0.05) is 37.5 Å². The Bertz CT molecular complexity index is 1300. The lowest BCUT2D eigenvalue weighted by Crippen LogP contribution is -2.35. The first kappa shape index (κ1) is 25.1. The highest BCUT2D eigenvalue weighted by Crippen LogP contribution is 2.36. The van der Waals surface area contributed by atoms with Crippen LogP contribution in [0.25, 0.3) is 6.08 Å². The van der Waals surface area contributed by atoms with Gasteiger partial charge in [-0.3, -0.25) is 10.2 Å². The van der Waals surface area contributed by atoms with Gasteiger partial charge in [-0.15, -0.1) is 0 Å². The first-order chi connectivity index (χ1) is 18.0. The molecule has 0 radical (unpaired) electrons. The van der Waals surface area contributed by atoms with Crippen LogP contribution in [0.2, 0.25) is 0 Å². The van der Waals surface area contributed by atoms with E-state index in [2.05, 4.69) is 10.1 Å². The molecule has 0 bridgehead atoms. The summed E-state index contributed by atoms with van der Waals surface area (Å²) in [6, 6.07) is 13.2. The molecule has 3 aliphatic rings. The summed E-state index contributed by atoms with van der Waals surface area (Å²) in [6.45, 7) is 2.76. The molecule has 0 spiro atoms. The van der Waals surface area contributed by atoms with Gasteiger partial charge in [0.05, 0.1) is 12.7 Å². The summed E-state index contributed by atoms with van der Waals surface area (Å²) < 4.78 is 17.1. The summed E-state index contributed by atoms with van der Waals surface area (Å²) in [5.74, 6) is 1.90. The molecule has 1 N–H and O–H groups in total. The number of thioether (sulfide) groups is 1. The predicted molar refractivity (Wildman–Crippen MR) is 147 cm³/mol. The van der Waals surface area contributed by atoms with E-state index in [0.717, 1.165) is 29.2 Å². The number of methoxy groups -OCH3 is 1. The lowest BCUT2D eigenvalue weighted by atomic mass is 9.90. The summed E-state index contributed by atoms with van der Waals surface area (Å²) >= 11 is 1.42. The quantitative estimate of drug-likeness (QED) is 0.358. The van der Waals surface area contributed by atoms with Gasteiger partial charge in [-0.05, 0) is 73.0 Å². The van der Waals surface area contributed by atoms with Crippen molar-refractivity contribution in [3.8, 4) is 17.2 Å². The molecule has 1 saturated carbocycles. The minimum atomic E-state index is -0.434. The van der Waals surface area contributed by atoms with Gasteiger partial charge in [0.25, 0.3) is 5.91 Å². The van der Waals surface area contributed by atoms with Crippen molar-refractivity contribution < 1.29 is 19.0 Å². The second kappa shape index (κ2) is 11.2.